The molecule has 0 spiro atoms. The standard InChI is InChI=1S/C25H24F2N4O4/c1-14(11-16-9-10-31(30-16)22-8-6-17(32)13-28-22)24(33)29-21-12-15(5-7-19(21)25(34)35)18-3-2-4-20(26)23(18)27/h2-4,6,8-10,13-15,32H,5,7,11-12H2,1H3,(H,29,33)(H,34,35). The molecule has 1 aliphatic carbocycles. The lowest BCUT2D eigenvalue weighted by Crippen LogP contribution is -2.33. The van der Waals surface area contributed by atoms with E-state index in [9.17, 15) is 28.6 Å². The summed E-state index contributed by atoms with van der Waals surface area (Å²) in [5.74, 6) is -3.91. The highest BCUT2D eigenvalue weighted by atomic mass is 19.2. The quantitative estimate of drug-likeness (QED) is 0.471. The molecular formula is C25H24F2N4O4. The Hall–Kier alpha value is -4.08. The highest BCUT2D eigenvalue weighted by Gasteiger charge is 2.30. The average molecular weight is 482 g/mol. The van der Waals surface area contributed by atoms with E-state index in [1.54, 1.807) is 25.3 Å². The lowest BCUT2D eigenvalue weighted by Gasteiger charge is -2.27. The van der Waals surface area contributed by atoms with Crippen LogP contribution in [0.25, 0.3) is 5.82 Å². The summed E-state index contributed by atoms with van der Waals surface area (Å²) < 4.78 is 29.6. The first-order valence-electron chi connectivity index (χ1n) is 11.1. The molecule has 0 aliphatic heterocycles. The monoisotopic (exact) mass is 482 g/mol. The van der Waals surface area contributed by atoms with E-state index in [1.807, 2.05) is 0 Å². The van der Waals surface area contributed by atoms with Crippen molar-refractivity contribution in [2.24, 2.45) is 5.92 Å². The van der Waals surface area contributed by atoms with Gasteiger partial charge in [0, 0.05) is 24.2 Å². The van der Waals surface area contributed by atoms with Crippen molar-refractivity contribution in [3.63, 3.8) is 0 Å². The number of halogens is 2. The van der Waals surface area contributed by atoms with E-state index in [0.29, 0.717) is 17.9 Å². The van der Waals surface area contributed by atoms with Crippen molar-refractivity contribution in [2.45, 2.75) is 38.5 Å². The zero-order chi connectivity index (χ0) is 25.1. The lowest BCUT2D eigenvalue weighted by molar-refractivity contribution is -0.133. The maximum atomic E-state index is 14.3. The Morgan fingerprint density at radius 1 is 1.23 bits per heavy atom. The Labute approximate surface area is 199 Å². The highest BCUT2D eigenvalue weighted by Crippen LogP contribution is 2.37. The van der Waals surface area contributed by atoms with E-state index < -0.39 is 35.3 Å². The van der Waals surface area contributed by atoms with Gasteiger partial charge in [0.15, 0.2) is 17.5 Å². The van der Waals surface area contributed by atoms with Crippen molar-refractivity contribution >= 4 is 11.9 Å². The molecule has 0 fully saturated rings. The van der Waals surface area contributed by atoms with E-state index in [1.165, 1.54) is 29.1 Å². The molecule has 10 heteroatoms. The number of carboxylic acid groups (broad SMARTS) is 1. The molecule has 3 aromatic rings. The zero-order valence-electron chi connectivity index (χ0n) is 18.9. The van der Waals surface area contributed by atoms with Gasteiger partial charge in [-0.05, 0) is 55.0 Å². The number of aliphatic carboxylic acids is 1. The fourth-order valence-corrected chi connectivity index (χ4v) is 4.20. The average Bonchev–Trinajstić information content (AvgIpc) is 3.29. The minimum atomic E-state index is -1.15. The SMILES string of the molecule is CC(Cc1ccn(-c2ccc(O)cn2)n1)C(=O)NC1=C(C(=O)O)CCC(c2cccc(F)c2F)C1. The lowest BCUT2D eigenvalue weighted by atomic mass is 9.82. The van der Waals surface area contributed by atoms with Crippen LogP contribution in [-0.2, 0) is 16.0 Å². The largest absolute Gasteiger partial charge is 0.506 e. The molecular weight excluding hydrogens is 458 g/mol. The second-order valence-electron chi connectivity index (χ2n) is 8.57. The molecule has 0 saturated carbocycles. The second kappa shape index (κ2) is 10.0. The molecule has 0 radical (unpaired) electrons. The van der Waals surface area contributed by atoms with Gasteiger partial charge < -0.3 is 15.5 Å². The van der Waals surface area contributed by atoms with Crippen LogP contribution < -0.4 is 5.32 Å². The van der Waals surface area contributed by atoms with Crippen LogP contribution in [0.15, 0.2) is 60.1 Å². The third-order valence-corrected chi connectivity index (χ3v) is 6.09. The van der Waals surface area contributed by atoms with Gasteiger partial charge in [0.25, 0.3) is 0 Å². The Bertz CT molecular complexity index is 1290. The van der Waals surface area contributed by atoms with Crippen molar-refractivity contribution in [3.8, 4) is 11.6 Å². The second-order valence-corrected chi connectivity index (χ2v) is 8.57. The molecule has 2 atom stereocenters. The fraction of sp³-hybridized carbons (Fsp3) is 0.280. The molecule has 1 aliphatic rings. The topological polar surface area (TPSA) is 117 Å². The molecule has 8 nitrogen and oxygen atoms in total. The van der Waals surface area contributed by atoms with Gasteiger partial charge >= 0.3 is 5.97 Å². The first-order chi connectivity index (χ1) is 16.7. The van der Waals surface area contributed by atoms with E-state index in [-0.39, 0.29) is 41.8 Å². The number of benzene rings is 1. The third-order valence-electron chi connectivity index (χ3n) is 6.09. The normalized spacial score (nSPS) is 16.7. The number of nitrogens with zero attached hydrogens (tertiary/aromatic N) is 3. The number of aromatic hydroxyl groups is 1. The van der Waals surface area contributed by atoms with E-state index in [4.69, 9.17) is 0 Å². The minimum Gasteiger partial charge on any atom is -0.506 e. The summed E-state index contributed by atoms with van der Waals surface area (Å²) in [4.78, 5) is 28.7. The Kier molecular flexibility index (Phi) is 6.90. The maximum absolute atomic E-state index is 14.3. The number of nitrogens with one attached hydrogen (secondary N) is 1. The number of pyridine rings is 1. The van der Waals surface area contributed by atoms with E-state index >= 15 is 0 Å². The summed E-state index contributed by atoms with van der Waals surface area (Å²) in [5.41, 5.74) is 1.08. The van der Waals surface area contributed by atoms with Gasteiger partial charge in [-0.3, -0.25) is 4.79 Å². The number of aromatic nitrogens is 3. The minimum absolute atomic E-state index is 0.0338. The Morgan fingerprint density at radius 3 is 2.74 bits per heavy atom. The number of allylic oxidation sites excluding steroid dienone is 1. The van der Waals surface area contributed by atoms with Crippen molar-refractivity contribution in [2.75, 3.05) is 0 Å². The molecule has 3 N–H and O–H groups in total. The van der Waals surface area contributed by atoms with Crippen LogP contribution in [0.1, 0.15) is 43.4 Å². The summed E-state index contributed by atoms with van der Waals surface area (Å²) in [6, 6.07) is 8.75. The number of carbonyl (C=O) groups is 2. The number of hydrogen-bond donors (Lipinski definition) is 3. The van der Waals surface area contributed by atoms with E-state index in [0.717, 1.165) is 6.07 Å². The van der Waals surface area contributed by atoms with Gasteiger partial charge in [-0.2, -0.15) is 5.10 Å². The smallest absolute Gasteiger partial charge is 0.333 e. The van der Waals surface area contributed by atoms with Gasteiger partial charge in [0.1, 0.15) is 5.75 Å². The Balaban J connectivity index is 1.46. The molecule has 2 aromatic heterocycles. The maximum Gasteiger partial charge on any atom is 0.333 e. The molecule has 0 saturated heterocycles. The van der Waals surface area contributed by atoms with Crippen LogP contribution in [0.4, 0.5) is 8.78 Å². The number of rotatable bonds is 7. The molecule has 0 bridgehead atoms. The third kappa shape index (κ3) is 5.37. The van der Waals surface area contributed by atoms with Gasteiger partial charge in [0.2, 0.25) is 5.91 Å². The van der Waals surface area contributed by atoms with Crippen LogP contribution in [0.5, 0.6) is 5.75 Å². The molecule has 182 valence electrons. The number of carbonyl (C=O) groups excluding carboxylic acids is 1. The number of hydrogen-bond acceptors (Lipinski definition) is 5. The number of amides is 1. The zero-order valence-corrected chi connectivity index (χ0v) is 18.9. The molecule has 1 aromatic carbocycles. The first kappa shape index (κ1) is 24.1. The van der Waals surface area contributed by atoms with Gasteiger partial charge in [-0.1, -0.05) is 19.1 Å². The molecule has 1 amide bonds. The van der Waals surface area contributed by atoms with Crippen LogP contribution in [-0.4, -0.2) is 36.9 Å². The number of carboxylic acids is 1. The van der Waals surface area contributed by atoms with Crippen molar-refractivity contribution in [1.29, 1.82) is 0 Å². The molecule has 4 rings (SSSR count). The van der Waals surface area contributed by atoms with Gasteiger partial charge in [-0.15, -0.1) is 0 Å². The van der Waals surface area contributed by atoms with E-state index in [2.05, 4.69) is 15.4 Å². The summed E-state index contributed by atoms with van der Waals surface area (Å²) >= 11 is 0. The van der Waals surface area contributed by atoms with Crippen LogP contribution in [0, 0.1) is 17.6 Å². The summed E-state index contributed by atoms with van der Waals surface area (Å²) in [6.07, 6.45) is 3.82. The Morgan fingerprint density at radius 2 is 2.03 bits per heavy atom. The van der Waals surface area contributed by atoms with Crippen molar-refractivity contribution in [3.05, 3.63) is 83.0 Å². The van der Waals surface area contributed by atoms with Crippen molar-refractivity contribution < 1.29 is 28.6 Å². The summed E-state index contributed by atoms with van der Waals surface area (Å²) in [7, 11) is 0. The molecule has 2 unspecified atom stereocenters. The predicted octanol–water partition coefficient (Wildman–Crippen LogP) is 3.85. The van der Waals surface area contributed by atoms with Crippen LogP contribution in [0.2, 0.25) is 0 Å². The van der Waals surface area contributed by atoms with Gasteiger partial charge in [0.05, 0.1) is 17.5 Å². The van der Waals surface area contributed by atoms with Crippen LogP contribution >= 0.6 is 0 Å². The fourth-order valence-electron chi connectivity index (χ4n) is 4.20. The summed E-state index contributed by atoms with van der Waals surface area (Å²) in [5, 5.41) is 26.1. The highest BCUT2D eigenvalue weighted by molar-refractivity contribution is 5.90. The predicted molar refractivity (Wildman–Crippen MR) is 122 cm³/mol. The molecule has 2 heterocycles. The van der Waals surface area contributed by atoms with Crippen LogP contribution in [0.3, 0.4) is 0 Å². The molecule has 35 heavy (non-hydrogen) atoms. The summed E-state index contributed by atoms with van der Waals surface area (Å²) in [6.45, 7) is 1.70. The van der Waals surface area contributed by atoms with Crippen molar-refractivity contribution in [1.82, 2.24) is 20.1 Å². The first-order valence-corrected chi connectivity index (χ1v) is 11.1. The van der Waals surface area contributed by atoms with Gasteiger partial charge in [-0.25, -0.2) is 23.2 Å².